The molecule has 1 aromatic rings. The van der Waals surface area contributed by atoms with Crippen LogP contribution in [0, 0.1) is 5.92 Å². The lowest BCUT2D eigenvalue weighted by atomic mass is 9.94. The van der Waals surface area contributed by atoms with Gasteiger partial charge in [-0.2, -0.15) is 0 Å². The Kier molecular flexibility index (Phi) is 4.44. The molecule has 1 fully saturated rings. The molecule has 0 aliphatic carbocycles. The van der Waals surface area contributed by atoms with E-state index in [1.165, 1.54) is 18.9 Å². The molecule has 4 heteroatoms. The summed E-state index contributed by atoms with van der Waals surface area (Å²) in [7, 11) is 0. The smallest absolute Gasteiger partial charge is 0.123 e. The third-order valence-corrected chi connectivity index (χ3v) is 3.64. The van der Waals surface area contributed by atoms with Crippen molar-refractivity contribution in [1.82, 2.24) is 4.90 Å². The summed E-state index contributed by atoms with van der Waals surface area (Å²) in [4.78, 5) is 2.36. The van der Waals surface area contributed by atoms with E-state index in [2.05, 4.69) is 4.90 Å². The molecule has 4 nitrogen and oxygen atoms in total. The van der Waals surface area contributed by atoms with Gasteiger partial charge in [-0.15, -0.1) is 0 Å². The Morgan fingerprint density at radius 1 is 1.33 bits per heavy atom. The lowest BCUT2D eigenvalue weighted by Crippen LogP contribution is -2.35. The lowest BCUT2D eigenvalue weighted by molar-refractivity contribution is 0.161. The number of nitrogens with two attached hydrogens (primary N) is 1. The summed E-state index contributed by atoms with van der Waals surface area (Å²) in [5, 5.41) is 19.1. The molecule has 1 heterocycles. The zero-order valence-electron chi connectivity index (χ0n) is 10.7. The molecule has 1 atom stereocenters. The van der Waals surface area contributed by atoms with E-state index in [-0.39, 0.29) is 11.5 Å². The summed E-state index contributed by atoms with van der Waals surface area (Å²) < 4.78 is 0. The van der Waals surface area contributed by atoms with Crippen LogP contribution >= 0.6 is 0 Å². The fraction of sp³-hybridized carbons (Fsp3) is 0.571. The van der Waals surface area contributed by atoms with Gasteiger partial charge in [0.1, 0.15) is 11.5 Å². The van der Waals surface area contributed by atoms with Gasteiger partial charge < -0.3 is 15.9 Å². The largest absolute Gasteiger partial charge is 0.508 e. The summed E-state index contributed by atoms with van der Waals surface area (Å²) in [6, 6.07) is 4.81. The number of rotatable bonds is 4. The van der Waals surface area contributed by atoms with Crippen LogP contribution in [0.5, 0.6) is 11.5 Å². The Labute approximate surface area is 108 Å². The highest BCUT2D eigenvalue weighted by molar-refractivity contribution is 5.38. The van der Waals surface area contributed by atoms with E-state index < -0.39 is 0 Å². The molecule has 0 radical (unpaired) electrons. The van der Waals surface area contributed by atoms with E-state index >= 15 is 0 Å². The molecule has 18 heavy (non-hydrogen) atoms. The molecule has 100 valence electrons. The van der Waals surface area contributed by atoms with E-state index in [1.807, 2.05) is 0 Å². The maximum Gasteiger partial charge on any atom is 0.123 e. The Morgan fingerprint density at radius 2 is 2.17 bits per heavy atom. The standard InChI is InChI=1S/C14H22N2O2/c15-6-5-11-2-1-7-16(9-11)10-12-3-4-13(17)8-14(12)18/h3-4,8,11,17-18H,1-2,5-7,9-10,15H2. The first-order valence-corrected chi connectivity index (χ1v) is 6.62. The normalized spacial score (nSPS) is 21.1. The zero-order chi connectivity index (χ0) is 13.0. The number of aromatic hydroxyl groups is 2. The molecule has 1 unspecified atom stereocenters. The number of benzene rings is 1. The minimum Gasteiger partial charge on any atom is -0.508 e. The van der Waals surface area contributed by atoms with Crippen molar-refractivity contribution < 1.29 is 10.2 Å². The first-order valence-electron chi connectivity index (χ1n) is 6.62. The van der Waals surface area contributed by atoms with Gasteiger partial charge in [0.2, 0.25) is 0 Å². The van der Waals surface area contributed by atoms with Crippen LogP contribution in [0.15, 0.2) is 18.2 Å². The molecule has 4 N–H and O–H groups in total. The second-order valence-corrected chi connectivity index (χ2v) is 5.13. The summed E-state index contributed by atoms with van der Waals surface area (Å²) in [6.07, 6.45) is 3.54. The minimum absolute atomic E-state index is 0.107. The fourth-order valence-electron chi connectivity index (χ4n) is 2.69. The average Bonchev–Trinajstić information content (AvgIpc) is 2.34. The quantitative estimate of drug-likeness (QED) is 0.760. The molecule has 1 aliphatic rings. The molecular weight excluding hydrogens is 228 g/mol. The van der Waals surface area contributed by atoms with Gasteiger partial charge in [-0.25, -0.2) is 0 Å². The molecule has 0 bridgehead atoms. The predicted octanol–water partition coefficient (Wildman–Crippen LogP) is 1.66. The van der Waals surface area contributed by atoms with E-state index in [9.17, 15) is 10.2 Å². The van der Waals surface area contributed by atoms with E-state index in [0.29, 0.717) is 5.92 Å². The van der Waals surface area contributed by atoms with Crippen LogP contribution < -0.4 is 5.73 Å². The second-order valence-electron chi connectivity index (χ2n) is 5.13. The number of piperidine rings is 1. The Hall–Kier alpha value is -1.26. The highest BCUT2D eigenvalue weighted by Crippen LogP contribution is 2.26. The SMILES string of the molecule is NCCC1CCCN(Cc2ccc(O)cc2O)C1. The number of nitrogens with zero attached hydrogens (tertiary/aromatic N) is 1. The van der Waals surface area contributed by atoms with E-state index in [0.717, 1.165) is 38.2 Å². The van der Waals surface area contributed by atoms with Crippen LogP contribution in [0.1, 0.15) is 24.8 Å². The summed E-state index contributed by atoms with van der Waals surface area (Å²) in [5.41, 5.74) is 6.49. The van der Waals surface area contributed by atoms with Crippen LogP contribution in [0.25, 0.3) is 0 Å². The number of phenolic OH excluding ortho intramolecular Hbond substituents is 2. The van der Waals surface area contributed by atoms with Crippen molar-refractivity contribution in [1.29, 1.82) is 0 Å². The van der Waals surface area contributed by atoms with E-state index in [1.54, 1.807) is 12.1 Å². The zero-order valence-corrected chi connectivity index (χ0v) is 10.7. The molecule has 0 aromatic heterocycles. The highest BCUT2D eigenvalue weighted by atomic mass is 16.3. The third kappa shape index (κ3) is 3.37. The van der Waals surface area contributed by atoms with Crippen molar-refractivity contribution in [2.45, 2.75) is 25.8 Å². The monoisotopic (exact) mass is 250 g/mol. The van der Waals surface area contributed by atoms with E-state index in [4.69, 9.17) is 5.73 Å². The molecule has 1 saturated heterocycles. The van der Waals surface area contributed by atoms with Crippen molar-refractivity contribution in [3.63, 3.8) is 0 Å². The molecular formula is C14H22N2O2. The topological polar surface area (TPSA) is 69.7 Å². The van der Waals surface area contributed by atoms with Crippen LogP contribution in [0.4, 0.5) is 0 Å². The second kappa shape index (κ2) is 6.07. The Balaban J connectivity index is 1.96. The molecule has 0 amide bonds. The number of likely N-dealkylation sites (tertiary alicyclic amines) is 1. The first kappa shape index (κ1) is 13.2. The predicted molar refractivity (Wildman–Crippen MR) is 71.4 cm³/mol. The average molecular weight is 250 g/mol. The maximum absolute atomic E-state index is 9.78. The van der Waals surface area contributed by atoms with Crippen molar-refractivity contribution in [2.24, 2.45) is 11.7 Å². The first-order chi connectivity index (χ1) is 8.69. The molecule has 1 aromatic carbocycles. The molecule has 2 rings (SSSR count). The van der Waals surface area contributed by atoms with Crippen LogP contribution in [-0.4, -0.2) is 34.7 Å². The minimum atomic E-state index is 0.107. The van der Waals surface area contributed by atoms with Gasteiger partial charge >= 0.3 is 0 Å². The van der Waals surface area contributed by atoms with Crippen molar-refractivity contribution in [3.05, 3.63) is 23.8 Å². The van der Waals surface area contributed by atoms with Crippen LogP contribution in [-0.2, 0) is 6.54 Å². The van der Waals surface area contributed by atoms with Crippen molar-refractivity contribution in [2.75, 3.05) is 19.6 Å². The van der Waals surface area contributed by atoms with Gasteiger partial charge in [0.25, 0.3) is 0 Å². The Bertz CT molecular complexity index is 393. The highest BCUT2D eigenvalue weighted by Gasteiger charge is 2.20. The number of hydrogen-bond acceptors (Lipinski definition) is 4. The van der Waals surface area contributed by atoms with Gasteiger partial charge in [0, 0.05) is 24.7 Å². The van der Waals surface area contributed by atoms with Gasteiger partial charge in [0.05, 0.1) is 0 Å². The fourth-order valence-corrected chi connectivity index (χ4v) is 2.69. The van der Waals surface area contributed by atoms with Crippen molar-refractivity contribution >= 4 is 0 Å². The Morgan fingerprint density at radius 3 is 2.89 bits per heavy atom. The maximum atomic E-state index is 9.78. The van der Waals surface area contributed by atoms with Gasteiger partial charge in [-0.05, 0) is 44.3 Å². The molecule has 1 aliphatic heterocycles. The van der Waals surface area contributed by atoms with Gasteiger partial charge in [-0.1, -0.05) is 6.07 Å². The summed E-state index contributed by atoms with van der Waals surface area (Å²) in [6.45, 7) is 3.62. The lowest BCUT2D eigenvalue weighted by Gasteiger charge is -2.32. The van der Waals surface area contributed by atoms with Crippen LogP contribution in [0.2, 0.25) is 0 Å². The van der Waals surface area contributed by atoms with Gasteiger partial charge in [0.15, 0.2) is 0 Å². The molecule has 0 spiro atoms. The third-order valence-electron chi connectivity index (χ3n) is 3.64. The van der Waals surface area contributed by atoms with Crippen LogP contribution in [0.3, 0.4) is 0 Å². The summed E-state index contributed by atoms with van der Waals surface area (Å²) >= 11 is 0. The van der Waals surface area contributed by atoms with Gasteiger partial charge in [-0.3, -0.25) is 4.90 Å². The number of hydrogen-bond donors (Lipinski definition) is 3. The summed E-state index contributed by atoms with van der Waals surface area (Å²) in [5.74, 6) is 0.967. The van der Waals surface area contributed by atoms with Crippen molar-refractivity contribution in [3.8, 4) is 11.5 Å². The number of phenols is 2. The molecule has 0 saturated carbocycles.